The molecule has 0 saturated carbocycles. The number of rotatable bonds is 5. The van der Waals surface area contributed by atoms with Crippen LogP contribution in [0.2, 0.25) is 0 Å². The summed E-state index contributed by atoms with van der Waals surface area (Å²) in [6.45, 7) is 2.00. The highest BCUT2D eigenvalue weighted by molar-refractivity contribution is 5.94. The highest BCUT2D eigenvalue weighted by Crippen LogP contribution is 2.26. The van der Waals surface area contributed by atoms with Crippen LogP contribution in [-0.4, -0.2) is 36.3 Å². The smallest absolute Gasteiger partial charge is 0.241 e. The lowest BCUT2D eigenvalue weighted by Gasteiger charge is -2.32. The van der Waals surface area contributed by atoms with Crippen LogP contribution in [0.25, 0.3) is 0 Å². The molecule has 5 heteroatoms. The van der Waals surface area contributed by atoms with E-state index >= 15 is 0 Å². The van der Waals surface area contributed by atoms with E-state index in [0.717, 1.165) is 55.7 Å². The Kier molecular flexibility index (Phi) is 5.60. The van der Waals surface area contributed by atoms with Gasteiger partial charge in [0.25, 0.3) is 0 Å². The maximum absolute atomic E-state index is 12.6. The lowest BCUT2D eigenvalue weighted by Crippen LogP contribution is -2.41. The van der Waals surface area contributed by atoms with E-state index in [4.69, 9.17) is 0 Å². The highest BCUT2D eigenvalue weighted by Gasteiger charge is 2.23. The van der Waals surface area contributed by atoms with Crippen LogP contribution in [0.5, 0.6) is 0 Å². The van der Waals surface area contributed by atoms with Crippen LogP contribution in [0, 0.1) is 5.92 Å². The molecular weight excluding hydrogens is 350 g/mol. The molecule has 4 rings (SSSR count). The van der Waals surface area contributed by atoms with E-state index in [1.54, 1.807) is 0 Å². The molecule has 1 fully saturated rings. The Labute approximate surface area is 166 Å². The first-order valence-electron chi connectivity index (χ1n) is 10.2. The molecule has 28 heavy (non-hydrogen) atoms. The van der Waals surface area contributed by atoms with Crippen molar-refractivity contribution in [1.29, 1.82) is 0 Å². The van der Waals surface area contributed by atoms with Gasteiger partial charge in [-0.15, -0.1) is 0 Å². The van der Waals surface area contributed by atoms with Gasteiger partial charge in [0, 0.05) is 30.9 Å². The molecule has 5 nitrogen and oxygen atoms in total. The van der Waals surface area contributed by atoms with Gasteiger partial charge in [-0.25, -0.2) is 0 Å². The van der Waals surface area contributed by atoms with Gasteiger partial charge in [0.1, 0.15) is 0 Å². The number of hydrogen-bond acceptors (Lipinski definition) is 3. The number of anilines is 2. The molecule has 0 atom stereocenters. The van der Waals surface area contributed by atoms with Crippen molar-refractivity contribution in [2.24, 2.45) is 5.92 Å². The summed E-state index contributed by atoms with van der Waals surface area (Å²) in [5.41, 5.74) is 4.33. The summed E-state index contributed by atoms with van der Waals surface area (Å²) in [6, 6.07) is 16.5. The molecule has 0 aliphatic carbocycles. The van der Waals surface area contributed by atoms with Crippen molar-refractivity contribution >= 4 is 23.2 Å². The number of piperidine rings is 1. The zero-order valence-electron chi connectivity index (χ0n) is 16.1. The van der Waals surface area contributed by atoms with Gasteiger partial charge in [-0.2, -0.15) is 0 Å². The molecular formula is C23H27N3O2. The summed E-state index contributed by atoms with van der Waals surface area (Å²) in [5, 5.41) is 6.13. The van der Waals surface area contributed by atoms with Crippen LogP contribution < -0.4 is 10.6 Å². The molecule has 0 unspecified atom stereocenters. The van der Waals surface area contributed by atoms with Crippen molar-refractivity contribution in [1.82, 2.24) is 4.90 Å². The molecule has 2 N–H and O–H groups in total. The fourth-order valence-corrected chi connectivity index (χ4v) is 4.12. The molecule has 2 aliphatic rings. The van der Waals surface area contributed by atoms with Crippen molar-refractivity contribution in [3.63, 3.8) is 0 Å². The van der Waals surface area contributed by atoms with Crippen molar-refractivity contribution in [2.45, 2.75) is 32.1 Å². The van der Waals surface area contributed by atoms with Crippen molar-refractivity contribution in [3.05, 3.63) is 59.7 Å². The average Bonchev–Trinajstić information content (AvgIpc) is 2.73. The van der Waals surface area contributed by atoms with E-state index in [1.807, 2.05) is 23.1 Å². The van der Waals surface area contributed by atoms with Gasteiger partial charge in [-0.1, -0.05) is 30.3 Å². The van der Waals surface area contributed by atoms with Gasteiger partial charge < -0.3 is 15.5 Å². The average molecular weight is 377 g/mol. The SMILES string of the molecule is O=C1CCc2cc(NCC(=O)N3CCC(Cc4ccccc4)CC3)ccc2N1. The van der Waals surface area contributed by atoms with E-state index in [9.17, 15) is 9.59 Å². The van der Waals surface area contributed by atoms with Gasteiger partial charge >= 0.3 is 0 Å². The van der Waals surface area contributed by atoms with Gasteiger partial charge in [-0.3, -0.25) is 9.59 Å². The van der Waals surface area contributed by atoms with Crippen LogP contribution in [-0.2, 0) is 22.4 Å². The Morgan fingerprint density at radius 3 is 2.64 bits per heavy atom. The second kappa shape index (κ2) is 8.46. The summed E-state index contributed by atoms with van der Waals surface area (Å²) < 4.78 is 0. The van der Waals surface area contributed by atoms with Crippen molar-refractivity contribution in [2.75, 3.05) is 30.3 Å². The van der Waals surface area contributed by atoms with E-state index < -0.39 is 0 Å². The third kappa shape index (κ3) is 4.53. The zero-order valence-corrected chi connectivity index (χ0v) is 16.1. The number of amides is 2. The molecule has 2 amide bonds. The number of nitrogens with zero attached hydrogens (tertiary/aromatic N) is 1. The molecule has 0 bridgehead atoms. The Morgan fingerprint density at radius 1 is 1.07 bits per heavy atom. The maximum atomic E-state index is 12.6. The van der Waals surface area contributed by atoms with Crippen molar-refractivity contribution in [3.8, 4) is 0 Å². The molecule has 2 heterocycles. The molecule has 0 radical (unpaired) electrons. The number of likely N-dealkylation sites (tertiary alicyclic amines) is 1. The first kappa shape index (κ1) is 18.5. The van der Waals surface area contributed by atoms with Crippen LogP contribution in [0.3, 0.4) is 0 Å². The summed E-state index contributed by atoms with van der Waals surface area (Å²) in [5.74, 6) is 0.888. The minimum atomic E-state index is 0.0686. The normalized spacial score (nSPS) is 17.0. The fraction of sp³-hybridized carbons (Fsp3) is 0.391. The standard InChI is InChI=1S/C23H27N3O2/c27-22-9-6-19-15-20(7-8-21(19)25-22)24-16-23(28)26-12-10-18(11-13-26)14-17-4-2-1-3-5-17/h1-5,7-8,15,18,24H,6,9-14,16H2,(H,25,27). The van der Waals surface area contributed by atoms with Crippen LogP contribution in [0.1, 0.15) is 30.4 Å². The summed E-state index contributed by atoms with van der Waals surface area (Å²) in [7, 11) is 0. The van der Waals surface area contributed by atoms with E-state index in [0.29, 0.717) is 18.9 Å². The molecule has 0 spiro atoms. The molecule has 2 aromatic carbocycles. The first-order valence-corrected chi connectivity index (χ1v) is 10.2. The topological polar surface area (TPSA) is 61.4 Å². The number of fused-ring (bicyclic) bond motifs is 1. The highest BCUT2D eigenvalue weighted by atomic mass is 16.2. The fourth-order valence-electron chi connectivity index (χ4n) is 4.12. The summed E-state index contributed by atoms with van der Waals surface area (Å²) in [4.78, 5) is 26.0. The molecule has 2 aliphatic heterocycles. The largest absolute Gasteiger partial charge is 0.376 e. The quantitative estimate of drug-likeness (QED) is 0.839. The Balaban J connectivity index is 1.24. The van der Waals surface area contributed by atoms with Crippen LogP contribution >= 0.6 is 0 Å². The van der Waals surface area contributed by atoms with Crippen LogP contribution in [0.15, 0.2) is 48.5 Å². The second-order valence-corrected chi connectivity index (χ2v) is 7.79. The number of nitrogens with one attached hydrogen (secondary N) is 2. The zero-order chi connectivity index (χ0) is 19.3. The maximum Gasteiger partial charge on any atom is 0.241 e. The Bertz CT molecular complexity index is 842. The number of aryl methyl sites for hydroxylation is 1. The third-order valence-corrected chi connectivity index (χ3v) is 5.78. The first-order chi connectivity index (χ1) is 13.7. The lowest BCUT2D eigenvalue weighted by atomic mass is 9.90. The van der Waals surface area contributed by atoms with Crippen LogP contribution in [0.4, 0.5) is 11.4 Å². The van der Waals surface area contributed by atoms with Gasteiger partial charge in [0.05, 0.1) is 6.54 Å². The predicted octanol–water partition coefficient (Wildman–Crippen LogP) is 3.46. The minimum absolute atomic E-state index is 0.0686. The minimum Gasteiger partial charge on any atom is -0.376 e. The van der Waals surface area contributed by atoms with E-state index in [-0.39, 0.29) is 11.8 Å². The molecule has 1 saturated heterocycles. The molecule has 0 aromatic heterocycles. The van der Waals surface area contributed by atoms with Gasteiger partial charge in [0.15, 0.2) is 0 Å². The number of hydrogen-bond donors (Lipinski definition) is 2. The summed E-state index contributed by atoms with van der Waals surface area (Å²) >= 11 is 0. The van der Waals surface area contributed by atoms with Crippen molar-refractivity contribution < 1.29 is 9.59 Å². The van der Waals surface area contributed by atoms with Gasteiger partial charge in [0.2, 0.25) is 11.8 Å². The second-order valence-electron chi connectivity index (χ2n) is 7.79. The number of benzene rings is 2. The Hall–Kier alpha value is -2.82. The van der Waals surface area contributed by atoms with Gasteiger partial charge in [-0.05, 0) is 60.9 Å². The number of carbonyl (C=O) groups is 2. The van der Waals surface area contributed by atoms with E-state index in [2.05, 4.69) is 41.0 Å². The third-order valence-electron chi connectivity index (χ3n) is 5.78. The number of carbonyl (C=O) groups excluding carboxylic acids is 2. The summed E-state index contributed by atoms with van der Waals surface area (Å²) in [6.07, 6.45) is 4.51. The molecule has 2 aromatic rings. The van der Waals surface area contributed by atoms with E-state index in [1.165, 1.54) is 5.56 Å². The molecule has 146 valence electrons. The predicted molar refractivity (Wildman–Crippen MR) is 111 cm³/mol. The Morgan fingerprint density at radius 2 is 1.86 bits per heavy atom. The monoisotopic (exact) mass is 377 g/mol. The lowest BCUT2D eigenvalue weighted by molar-refractivity contribution is -0.130.